The highest BCUT2D eigenvalue weighted by Crippen LogP contribution is 2.24. The van der Waals surface area contributed by atoms with Gasteiger partial charge in [-0.2, -0.15) is 0 Å². The van der Waals surface area contributed by atoms with Crippen LogP contribution in [0.15, 0.2) is 35.7 Å². The van der Waals surface area contributed by atoms with E-state index in [1.165, 1.54) is 29.5 Å². The summed E-state index contributed by atoms with van der Waals surface area (Å²) in [4.78, 5) is 23.7. The highest BCUT2D eigenvalue weighted by Gasteiger charge is 2.22. The molecule has 1 heterocycles. The number of rotatable bonds is 5. The molecular weight excluding hydrogens is 292 g/mol. The highest BCUT2D eigenvalue weighted by atomic mass is 32.1. The second kappa shape index (κ2) is 6.33. The van der Waals surface area contributed by atoms with Gasteiger partial charge in [0.25, 0.3) is 11.6 Å². The van der Waals surface area contributed by atoms with Gasteiger partial charge in [-0.25, -0.2) is 0 Å². The molecule has 7 nitrogen and oxygen atoms in total. The van der Waals surface area contributed by atoms with Crippen molar-refractivity contribution in [1.82, 2.24) is 5.32 Å². The number of nitrogen functional groups attached to an aromatic ring is 1. The average Bonchev–Trinajstić information content (AvgIpc) is 3.00. The number of thiophene rings is 1. The normalized spacial score (nSPS) is 11.7. The van der Waals surface area contributed by atoms with Crippen molar-refractivity contribution in [2.75, 3.05) is 5.43 Å². The maximum atomic E-state index is 12.3. The van der Waals surface area contributed by atoms with Crippen LogP contribution in [0.2, 0.25) is 0 Å². The van der Waals surface area contributed by atoms with E-state index < -0.39 is 10.8 Å². The van der Waals surface area contributed by atoms with Crippen molar-refractivity contribution in [1.29, 1.82) is 0 Å². The van der Waals surface area contributed by atoms with Gasteiger partial charge in [0, 0.05) is 16.6 Å². The molecular formula is C13H14N4O3S. The van der Waals surface area contributed by atoms with Gasteiger partial charge >= 0.3 is 0 Å². The van der Waals surface area contributed by atoms with Crippen LogP contribution in [0.4, 0.5) is 11.4 Å². The molecule has 2 aromatic rings. The maximum absolute atomic E-state index is 12.3. The number of nitrogens with zero attached hydrogens (tertiary/aromatic N) is 1. The Kier molecular flexibility index (Phi) is 4.51. The van der Waals surface area contributed by atoms with Crippen LogP contribution in [0.3, 0.4) is 0 Å². The third-order valence-corrected chi connectivity index (χ3v) is 3.98. The number of anilines is 1. The van der Waals surface area contributed by atoms with Crippen LogP contribution in [-0.2, 0) is 0 Å². The van der Waals surface area contributed by atoms with Crippen molar-refractivity contribution in [3.63, 3.8) is 0 Å². The number of benzene rings is 1. The van der Waals surface area contributed by atoms with Crippen LogP contribution in [-0.4, -0.2) is 10.8 Å². The Labute approximate surface area is 124 Å². The van der Waals surface area contributed by atoms with Crippen molar-refractivity contribution >= 4 is 28.6 Å². The first-order valence-corrected chi connectivity index (χ1v) is 7.00. The fraction of sp³-hybridized carbons (Fsp3) is 0.154. The zero-order chi connectivity index (χ0) is 15.4. The summed E-state index contributed by atoms with van der Waals surface area (Å²) in [6, 6.07) is 7.59. The molecule has 0 aliphatic carbocycles. The Morgan fingerprint density at radius 1 is 1.43 bits per heavy atom. The Hall–Kier alpha value is -2.45. The minimum atomic E-state index is -0.592. The Balaban J connectivity index is 2.27. The number of carbonyl (C=O) groups is 1. The van der Waals surface area contributed by atoms with Crippen LogP contribution < -0.4 is 16.6 Å². The molecule has 0 aliphatic rings. The van der Waals surface area contributed by atoms with E-state index in [4.69, 9.17) is 5.84 Å². The molecule has 1 atom stereocenters. The number of hydrogen-bond donors (Lipinski definition) is 3. The third-order valence-electron chi connectivity index (χ3n) is 2.92. The molecule has 4 N–H and O–H groups in total. The number of hydrogen-bond acceptors (Lipinski definition) is 6. The number of hydrazine groups is 1. The number of carbonyl (C=O) groups excluding carboxylic acids is 1. The van der Waals surface area contributed by atoms with E-state index in [9.17, 15) is 14.9 Å². The second-order valence-corrected chi connectivity index (χ2v) is 5.32. The van der Waals surface area contributed by atoms with Gasteiger partial charge in [0.15, 0.2) is 0 Å². The number of nitro benzene ring substituents is 1. The second-order valence-electron chi connectivity index (χ2n) is 4.34. The molecule has 0 radical (unpaired) electrons. The van der Waals surface area contributed by atoms with E-state index in [0.29, 0.717) is 5.69 Å². The summed E-state index contributed by atoms with van der Waals surface area (Å²) in [7, 11) is 0. The predicted molar refractivity (Wildman–Crippen MR) is 81.1 cm³/mol. The zero-order valence-electron chi connectivity index (χ0n) is 11.2. The number of nitrogens with one attached hydrogen (secondary N) is 2. The van der Waals surface area contributed by atoms with Crippen molar-refractivity contribution in [2.45, 2.75) is 13.0 Å². The Morgan fingerprint density at radius 3 is 2.76 bits per heavy atom. The van der Waals surface area contributed by atoms with E-state index in [1.807, 2.05) is 24.4 Å². The Morgan fingerprint density at radius 2 is 2.19 bits per heavy atom. The van der Waals surface area contributed by atoms with E-state index >= 15 is 0 Å². The lowest BCUT2D eigenvalue weighted by Crippen LogP contribution is -2.27. The predicted octanol–water partition coefficient (Wildman–Crippen LogP) is 2.43. The van der Waals surface area contributed by atoms with Crippen LogP contribution in [0.1, 0.15) is 28.2 Å². The molecule has 21 heavy (non-hydrogen) atoms. The highest BCUT2D eigenvalue weighted by molar-refractivity contribution is 7.10. The number of amides is 1. The van der Waals surface area contributed by atoms with Crippen molar-refractivity contribution in [2.24, 2.45) is 5.84 Å². The number of nitro groups is 1. The summed E-state index contributed by atoms with van der Waals surface area (Å²) in [5.74, 6) is 4.76. The first-order chi connectivity index (χ1) is 10.0. The van der Waals surface area contributed by atoms with Gasteiger partial charge in [0.05, 0.1) is 11.0 Å². The molecule has 1 amide bonds. The standard InChI is InChI=1S/C13H14N4O3S/c1-8(12-3-2-6-21-12)15-13(18)10-7-9(16-14)4-5-11(10)17(19)20/h2-8,16H,14H2,1H3,(H,15,18). The average molecular weight is 306 g/mol. The van der Waals surface area contributed by atoms with E-state index in [2.05, 4.69) is 10.7 Å². The van der Waals surface area contributed by atoms with Gasteiger partial charge in [-0.05, 0) is 30.5 Å². The Bertz CT molecular complexity index is 657. The van der Waals surface area contributed by atoms with Gasteiger partial charge in [-0.3, -0.25) is 20.8 Å². The minimum absolute atomic E-state index is 0.0288. The van der Waals surface area contributed by atoms with Crippen LogP contribution in [0.5, 0.6) is 0 Å². The summed E-state index contributed by atoms with van der Waals surface area (Å²) in [6.07, 6.45) is 0. The largest absolute Gasteiger partial charge is 0.344 e. The van der Waals surface area contributed by atoms with Crippen molar-refractivity contribution < 1.29 is 9.72 Å². The SMILES string of the molecule is CC(NC(=O)c1cc(NN)ccc1[N+](=O)[O-])c1cccs1. The molecule has 8 heteroatoms. The van der Waals surface area contributed by atoms with E-state index in [-0.39, 0.29) is 17.3 Å². The molecule has 0 spiro atoms. The lowest BCUT2D eigenvalue weighted by atomic mass is 10.1. The lowest BCUT2D eigenvalue weighted by molar-refractivity contribution is -0.385. The minimum Gasteiger partial charge on any atom is -0.344 e. The quantitative estimate of drug-likeness (QED) is 0.446. The van der Waals surface area contributed by atoms with Crippen LogP contribution in [0.25, 0.3) is 0 Å². The molecule has 0 bridgehead atoms. The molecule has 1 aromatic carbocycles. The third kappa shape index (κ3) is 3.36. The summed E-state index contributed by atoms with van der Waals surface area (Å²) in [5, 5.41) is 15.7. The maximum Gasteiger partial charge on any atom is 0.282 e. The van der Waals surface area contributed by atoms with Gasteiger partial charge in [-0.15, -0.1) is 11.3 Å². The summed E-state index contributed by atoms with van der Waals surface area (Å²) < 4.78 is 0. The molecule has 0 aliphatic heterocycles. The summed E-state index contributed by atoms with van der Waals surface area (Å²) >= 11 is 1.51. The van der Waals surface area contributed by atoms with Crippen LogP contribution >= 0.6 is 11.3 Å². The lowest BCUT2D eigenvalue weighted by Gasteiger charge is -2.13. The molecule has 0 fully saturated rings. The zero-order valence-corrected chi connectivity index (χ0v) is 12.0. The molecule has 0 saturated carbocycles. The molecule has 1 unspecified atom stereocenters. The van der Waals surface area contributed by atoms with Gasteiger partial charge in [-0.1, -0.05) is 6.07 Å². The van der Waals surface area contributed by atoms with Gasteiger partial charge in [0.1, 0.15) is 5.56 Å². The monoisotopic (exact) mass is 306 g/mol. The topological polar surface area (TPSA) is 110 Å². The van der Waals surface area contributed by atoms with Gasteiger partial charge in [0.2, 0.25) is 0 Å². The van der Waals surface area contributed by atoms with Crippen molar-refractivity contribution in [3.05, 3.63) is 56.3 Å². The van der Waals surface area contributed by atoms with Gasteiger partial charge < -0.3 is 10.7 Å². The summed E-state index contributed by atoms with van der Waals surface area (Å²) in [6.45, 7) is 1.82. The molecule has 110 valence electrons. The molecule has 0 saturated heterocycles. The molecule has 1 aromatic heterocycles. The summed E-state index contributed by atoms with van der Waals surface area (Å²) in [5.41, 5.74) is 2.51. The smallest absolute Gasteiger partial charge is 0.282 e. The first kappa shape index (κ1) is 14.9. The van der Waals surface area contributed by atoms with E-state index in [1.54, 1.807) is 0 Å². The van der Waals surface area contributed by atoms with Crippen molar-refractivity contribution in [3.8, 4) is 0 Å². The van der Waals surface area contributed by atoms with Crippen LogP contribution in [0, 0.1) is 10.1 Å². The fourth-order valence-corrected chi connectivity index (χ4v) is 2.58. The first-order valence-electron chi connectivity index (χ1n) is 6.12. The fourth-order valence-electron chi connectivity index (χ4n) is 1.85. The number of nitrogens with two attached hydrogens (primary N) is 1. The molecule has 2 rings (SSSR count). The van der Waals surface area contributed by atoms with E-state index in [0.717, 1.165) is 4.88 Å².